The van der Waals surface area contributed by atoms with Crippen LogP contribution < -0.4 is 5.32 Å². The van der Waals surface area contributed by atoms with Gasteiger partial charge < -0.3 is 15.3 Å². The van der Waals surface area contributed by atoms with Crippen molar-refractivity contribution >= 4 is 12.0 Å². The molecule has 2 rings (SSSR count). The molecule has 2 N–H and O–H groups in total. The Balaban J connectivity index is 1.98. The molecule has 122 valence electrons. The van der Waals surface area contributed by atoms with Gasteiger partial charge in [-0.15, -0.1) is 0 Å². The minimum Gasteiger partial charge on any atom is -0.481 e. The average Bonchev–Trinajstić information content (AvgIpc) is 2.69. The van der Waals surface area contributed by atoms with Crippen molar-refractivity contribution in [1.29, 1.82) is 0 Å². The van der Waals surface area contributed by atoms with E-state index in [1.54, 1.807) is 9.58 Å². The number of carbonyl (C=O) groups is 2. The largest absolute Gasteiger partial charge is 0.481 e. The van der Waals surface area contributed by atoms with Gasteiger partial charge in [0.25, 0.3) is 0 Å². The van der Waals surface area contributed by atoms with Crippen molar-refractivity contribution in [3.8, 4) is 0 Å². The zero-order chi connectivity index (χ0) is 16.4. The van der Waals surface area contributed by atoms with E-state index in [9.17, 15) is 9.59 Å². The zero-order valence-electron chi connectivity index (χ0n) is 13.6. The molecule has 1 aliphatic heterocycles. The molecule has 0 aromatic carbocycles. The second-order valence-corrected chi connectivity index (χ2v) is 6.21. The van der Waals surface area contributed by atoms with Crippen molar-refractivity contribution in [3.63, 3.8) is 0 Å². The number of likely N-dealkylation sites (tertiary alicyclic amines) is 1. The van der Waals surface area contributed by atoms with Crippen LogP contribution in [0.2, 0.25) is 0 Å². The number of amides is 2. The van der Waals surface area contributed by atoms with Crippen molar-refractivity contribution in [3.05, 3.63) is 17.0 Å². The first-order chi connectivity index (χ1) is 10.3. The number of rotatable bonds is 3. The van der Waals surface area contributed by atoms with E-state index in [1.807, 2.05) is 27.8 Å². The van der Waals surface area contributed by atoms with E-state index in [2.05, 4.69) is 10.4 Å². The van der Waals surface area contributed by atoms with Gasteiger partial charge in [0.05, 0.1) is 11.6 Å². The molecule has 1 aliphatic rings. The highest BCUT2D eigenvalue weighted by atomic mass is 16.4. The summed E-state index contributed by atoms with van der Waals surface area (Å²) in [4.78, 5) is 25.1. The molecule has 1 aromatic heterocycles. The highest BCUT2D eigenvalue weighted by Crippen LogP contribution is 2.22. The quantitative estimate of drug-likeness (QED) is 0.881. The number of carboxylic acids is 1. The Labute approximate surface area is 130 Å². The Morgan fingerprint density at radius 1 is 1.36 bits per heavy atom. The summed E-state index contributed by atoms with van der Waals surface area (Å²) in [6, 6.07) is -0.208. The normalized spacial score (nSPS) is 21.7. The lowest BCUT2D eigenvalue weighted by molar-refractivity contribution is -0.143. The van der Waals surface area contributed by atoms with E-state index in [-0.39, 0.29) is 18.5 Å². The number of aryl methyl sites for hydroxylation is 2. The molecule has 1 fully saturated rings. The number of piperidine rings is 1. The summed E-state index contributed by atoms with van der Waals surface area (Å²) in [5.74, 6) is -1.11. The minimum absolute atomic E-state index is 0.197. The fourth-order valence-electron chi connectivity index (χ4n) is 3.05. The van der Waals surface area contributed by atoms with Crippen molar-refractivity contribution in [2.45, 2.75) is 33.7 Å². The lowest BCUT2D eigenvalue weighted by atomic mass is 9.91. The summed E-state index contributed by atoms with van der Waals surface area (Å²) in [6.45, 7) is 7.14. The first-order valence-electron chi connectivity index (χ1n) is 7.54. The standard InChI is InChI=1S/C15H24N4O3/c1-9-5-12(14(20)21)8-19(7-9)15(22)16-6-13-10(2)17-18(4)11(13)3/h9,12H,5-8H2,1-4H3,(H,16,22)(H,20,21). The van der Waals surface area contributed by atoms with Crippen LogP contribution in [0.15, 0.2) is 0 Å². The van der Waals surface area contributed by atoms with Gasteiger partial charge in [0, 0.05) is 37.9 Å². The van der Waals surface area contributed by atoms with Crippen LogP contribution in [0.3, 0.4) is 0 Å². The van der Waals surface area contributed by atoms with Crippen molar-refractivity contribution in [2.75, 3.05) is 13.1 Å². The van der Waals surface area contributed by atoms with Gasteiger partial charge in [0.1, 0.15) is 0 Å². The molecular weight excluding hydrogens is 284 g/mol. The summed E-state index contributed by atoms with van der Waals surface area (Å²) in [7, 11) is 1.87. The topological polar surface area (TPSA) is 87.5 Å². The van der Waals surface area contributed by atoms with Gasteiger partial charge in [-0.05, 0) is 26.2 Å². The number of aromatic nitrogens is 2. The van der Waals surface area contributed by atoms with Gasteiger partial charge in [-0.2, -0.15) is 5.10 Å². The molecule has 2 atom stereocenters. The van der Waals surface area contributed by atoms with Crippen LogP contribution in [-0.2, 0) is 18.4 Å². The molecule has 0 radical (unpaired) electrons. The highest BCUT2D eigenvalue weighted by molar-refractivity contribution is 5.76. The molecule has 0 saturated carbocycles. The Bertz CT molecular complexity index is 582. The molecule has 22 heavy (non-hydrogen) atoms. The van der Waals surface area contributed by atoms with E-state index in [0.717, 1.165) is 17.0 Å². The third kappa shape index (κ3) is 3.40. The number of carboxylic acid groups (broad SMARTS) is 1. The lowest BCUT2D eigenvalue weighted by Crippen LogP contribution is -2.49. The third-order valence-electron chi connectivity index (χ3n) is 4.37. The Kier molecular flexibility index (Phi) is 4.73. The molecule has 0 aliphatic carbocycles. The predicted molar refractivity (Wildman–Crippen MR) is 81.4 cm³/mol. The smallest absolute Gasteiger partial charge is 0.317 e. The minimum atomic E-state index is -0.830. The maximum Gasteiger partial charge on any atom is 0.317 e. The number of urea groups is 1. The number of hydrogen-bond donors (Lipinski definition) is 2. The summed E-state index contributed by atoms with van der Waals surface area (Å²) in [6.07, 6.45) is 0.625. The maximum atomic E-state index is 12.3. The van der Waals surface area contributed by atoms with E-state index in [0.29, 0.717) is 19.5 Å². The fourth-order valence-corrected chi connectivity index (χ4v) is 3.05. The van der Waals surface area contributed by atoms with Crippen LogP contribution >= 0.6 is 0 Å². The van der Waals surface area contributed by atoms with Crippen molar-refractivity contribution < 1.29 is 14.7 Å². The zero-order valence-corrected chi connectivity index (χ0v) is 13.6. The van der Waals surface area contributed by atoms with Crippen LogP contribution in [0.25, 0.3) is 0 Å². The second-order valence-electron chi connectivity index (χ2n) is 6.21. The Morgan fingerprint density at radius 3 is 2.59 bits per heavy atom. The second kappa shape index (κ2) is 6.37. The number of carbonyl (C=O) groups excluding carboxylic acids is 1. The average molecular weight is 308 g/mol. The summed E-state index contributed by atoms with van der Waals surface area (Å²) in [5, 5.41) is 16.4. The molecule has 0 bridgehead atoms. The van der Waals surface area contributed by atoms with Gasteiger partial charge >= 0.3 is 12.0 Å². The van der Waals surface area contributed by atoms with Crippen molar-refractivity contribution in [1.82, 2.24) is 20.0 Å². The van der Waals surface area contributed by atoms with E-state index in [1.165, 1.54) is 0 Å². The van der Waals surface area contributed by atoms with E-state index in [4.69, 9.17) is 5.11 Å². The number of nitrogens with one attached hydrogen (secondary N) is 1. The van der Waals surface area contributed by atoms with E-state index >= 15 is 0 Å². The highest BCUT2D eigenvalue weighted by Gasteiger charge is 2.31. The van der Waals surface area contributed by atoms with Crippen LogP contribution in [0, 0.1) is 25.7 Å². The number of nitrogens with zero attached hydrogens (tertiary/aromatic N) is 3. The van der Waals surface area contributed by atoms with Gasteiger partial charge in [-0.1, -0.05) is 6.92 Å². The molecule has 2 unspecified atom stereocenters. The number of hydrogen-bond acceptors (Lipinski definition) is 3. The molecule has 1 aromatic rings. The molecule has 0 spiro atoms. The van der Waals surface area contributed by atoms with Gasteiger partial charge in [0.15, 0.2) is 0 Å². The van der Waals surface area contributed by atoms with Crippen molar-refractivity contribution in [2.24, 2.45) is 18.9 Å². The summed E-state index contributed by atoms with van der Waals surface area (Å²) >= 11 is 0. The molecule has 1 saturated heterocycles. The fraction of sp³-hybridized carbons (Fsp3) is 0.667. The third-order valence-corrected chi connectivity index (χ3v) is 4.37. The van der Waals surface area contributed by atoms with Crippen LogP contribution in [-0.4, -0.2) is 44.9 Å². The SMILES string of the molecule is Cc1nn(C)c(C)c1CNC(=O)N1CC(C)CC(C(=O)O)C1. The molecule has 2 amide bonds. The van der Waals surface area contributed by atoms with Gasteiger partial charge in [-0.25, -0.2) is 4.79 Å². The molecule has 7 nitrogen and oxygen atoms in total. The van der Waals surface area contributed by atoms with Gasteiger partial charge in [-0.3, -0.25) is 9.48 Å². The Hall–Kier alpha value is -2.05. The van der Waals surface area contributed by atoms with Gasteiger partial charge in [0.2, 0.25) is 0 Å². The predicted octanol–water partition coefficient (Wildman–Crippen LogP) is 1.29. The molecule has 2 heterocycles. The van der Waals surface area contributed by atoms with E-state index < -0.39 is 11.9 Å². The monoisotopic (exact) mass is 308 g/mol. The molecular formula is C15H24N4O3. The summed E-state index contributed by atoms with van der Waals surface area (Å²) < 4.78 is 1.79. The maximum absolute atomic E-state index is 12.3. The van der Waals surface area contributed by atoms with Crippen LogP contribution in [0.1, 0.15) is 30.3 Å². The summed E-state index contributed by atoms with van der Waals surface area (Å²) in [5.41, 5.74) is 2.93. The number of aliphatic carboxylic acids is 1. The first kappa shape index (κ1) is 16.3. The Morgan fingerprint density at radius 2 is 2.05 bits per heavy atom. The van der Waals surface area contributed by atoms with Crippen LogP contribution in [0.5, 0.6) is 0 Å². The lowest BCUT2D eigenvalue weighted by Gasteiger charge is -2.34. The van der Waals surface area contributed by atoms with Crippen LogP contribution in [0.4, 0.5) is 4.79 Å². The molecule has 7 heteroatoms. The first-order valence-corrected chi connectivity index (χ1v) is 7.54.